The van der Waals surface area contributed by atoms with E-state index in [1.807, 2.05) is 57.8 Å². The Balaban J connectivity index is 1.26. The number of H-pyrrole nitrogens is 1. The van der Waals surface area contributed by atoms with Crippen molar-refractivity contribution < 1.29 is 4.79 Å². The Kier molecular flexibility index (Phi) is 4.93. The van der Waals surface area contributed by atoms with Crippen LogP contribution in [-0.2, 0) is 6.54 Å². The second kappa shape index (κ2) is 8.10. The molecule has 1 amide bonds. The van der Waals surface area contributed by atoms with Gasteiger partial charge in [0.05, 0.1) is 16.6 Å². The van der Waals surface area contributed by atoms with E-state index in [4.69, 9.17) is 17.2 Å². The summed E-state index contributed by atoms with van der Waals surface area (Å²) in [4.78, 5) is 25.7. The fourth-order valence-electron chi connectivity index (χ4n) is 4.69. The molecule has 0 saturated carbocycles. The molecule has 3 heterocycles. The molecule has 0 unspecified atom stereocenters. The van der Waals surface area contributed by atoms with E-state index in [0.29, 0.717) is 10.3 Å². The van der Waals surface area contributed by atoms with Crippen LogP contribution < -0.4 is 0 Å². The average molecular weight is 454 g/mol. The van der Waals surface area contributed by atoms with E-state index >= 15 is 0 Å². The van der Waals surface area contributed by atoms with Crippen molar-refractivity contribution in [1.82, 2.24) is 24.2 Å². The molecule has 164 valence electrons. The minimum atomic E-state index is 0.0592. The van der Waals surface area contributed by atoms with Gasteiger partial charge < -0.3 is 9.88 Å². The van der Waals surface area contributed by atoms with Crippen LogP contribution in [0.4, 0.5) is 0 Å². The van der Waals surface area contributed by atoms with Crippen LogP contribution in [0.15, 0.2) is 72.8 Å². The number of para-hydroxylation sites is 2. The zero-order valence-corrected chi connectivity index (χ0v) is 18.9. The topological polar surface area (TPSA) is 56.6 Å². The summed E-state index contributed by atoms with van der Waals surface area (Å²) < 4.78 is 2.53. The fourth-order valence-corrected chi connectivity index (χ4v) is 4.99. The molecule has 3 aromatic carbocycles. The van der Waals surface area contributed by atoms with E-state index in [0.717, 1.165) is 60.3 Å². The van der Waals surface area contributed by atoms with Gasteiger partial charge in [-0.05, 0) is 48.1 Å². The molecule has 1 N–H and O–H groups in total. The zero-order valence-electron chi connectivity index (χ0n) is 18.1. The van der Waals surface area contributed by atoms with Crippen LogP contribution in [0.25, 0.3) is 27.6 Å². The van der Waals surface area contributed by atoms with Crippen LogP contribution in [0.3, 0.4) is 0 Å². The van der Waals surface area contributed by atoms with Gasteiger partial charge >= 0.3 is 0 Å². The maximum absolute atomic E-state index is 13.2. The minimum absolute atomic E-state index is 0.0592. The molecule has 6 nitrogen and oxygen atoms in total. The van der Waals surface area contributed by atoms with Crippen LogP contribution in [-0.4, -0.2) is 56.3 Å². The van der Waals surface area contributed by atoms with Crippen molar-refractivity contribution in [2.45, 2.75) is 6.54 Å². The number of hydrogen-bond acceptors (Lipinski definition) is 4. The maximum Gasteiger partial charge on any atom is 0.254 e. The fraction of sp³-hybridized carbons (Fsp3) is 0.192. The lowest BCUT2D eigenvalue weighted by Gasteiger charge is -2.34. The highest BCUT2D eigenvalue weighted by atomic mass is 32.1. The molecule has 0 bridgehead atoms. The largest absolute Gasteiger partial charge is 0.336 e. The molecule has 0 spiro atoms. The molecule has 1 saturated heterocycles. The van der Waals surface area contributed by atoms with Crippen LogP contribution in [0.5, 0.6) is 0 Å². The summed E-state index contributed by atoms with van der Waals surface area (Å²) in [6, 6.07) is 24.2. The van der Waals surface area contributed by atoms with Crippen LogP contribution in [0, 0.1) is 4.77 Å². The van der Waals surface area contributed by atoms with E-state index in [1.165, 1.54) is 5.56 Å². The monoisotopic (exact) mass is 453 g/mol. The molecule has 0 atom stereocenters. The third-order valence-corrected chi connectivity index (χ3v) is 6.71. The number of hydrogen-bond donors (Lipinski definition) is 1. The predicted octanol–water partition coefficient (Wildman–Crippen LogP) is 4.66. The van der Waals surface area contributed by atoms with Gasteiger partial charge in [0.1, 0.15) is 5.65 Å². The molecule has 2 aromatic heterocycles. The van der Waals surface area contributed by atoms with Crippen molar-refractivity contribution in [3.05, 3.63) is 88.7 Å². The Labute approximate surface area is 196 Å². The van der Waals surface area contributed by atoms with E-state index in [2.05, 4.69) is 34.1 Å². The summed E-state index contributed by atoms with van der Waals surface area (Å²) in [7, 11) is 0. The average Bonchev–Trinajstić information content (AvgIpc) is 3.25. The van der Waals surface area contributed by atoms with Crippen molar-refractivity contribution in [2.75, 3.05) is 26.2 Å². The SMILES string of the molecule is O=C(c1ccc2c(c1)[nH]c(=S)n1c3ccccc3nc21)N1CCN(Cc2ccccc2)CC1. The number of nitrogens with zero attached hydrogens (tertiary/aromatic N) is 4. The van der Waals surface area contributed by atoms with Crippen molar-refractivity contribution >= 4 is 45.7 Å². The first kappa shape index (κ1) is 20.1. The lowest BCUT2D eigenvalue weighted by atomic mass is 10.1. The molecule has 6 rings (SSSR count). The molecule has 0 radical (unpaired) electrons. The van der Waals surface area contributed by atoms with Gasteiger partial charge in [-0.15, -0.1) is 0 Å². The number of rotatable bonds is 3. The van der Waals surface area contributed by atoms with Gasteiger partial charge in [-0.2, -0.15) is 0 Å². The van der Waals surface area contributed by atoms with Crippen molar-refractivity contribution in [3.63, 3.8) is 0 Å². The quantitative estimate of drug-likeness (QED) is 0.404. The second-order valence-corrected chi connectivity index (χ2v) is 8.89. The highest BCUT2D eigenvalue weighted by Gasteiger charge is 2.23. The third-order valence-electron chi connectivity index (χ3n) is 6.42. The highest BCUT2D eigenvalue weighted by molar-refractivity contribution is 7.71. The Morgan fingerprint density at radius 3 is 2.52 bits per heavy atom. The number of aromatic amines is 1. The van der Waals surface area contributed by atoms with E-state index in [1.54, 1.807) is 0 Å². The van der Waals surface area contributed by atoms with Crippen molar-refractivity contribution in [2.24, 2.45) is 0 Å². The van der Waals surface area contributed by atoms with Crippen LogP contribution in [0.2, 0.25) is 0 Å². The Morgan fingerprint density at radius 1 is 0.939 bits per heavy atom. The highest BCUT2D eigenvalue weighted by Crippen LogP contribution is 2.25. The van der Waals surface area contributed by atoms with Gasteiger partial charge in [0, 0.05) is 43.7 Å². The molecule has 33 heavy (non-hydrogen) atoms. The Morgan fingerprint density at radius 2 is 1.70 bits per heavy atom. The molecular formula is C26H23N5OS. The zero-order chi connectivity index (χ0) is 22.4. The number of carbonyl (C=O) groups excluding carboxylic acids is 1. The van der Waals surface area contributed by atoms with Crippen molar-refractivity contribution in [3.8, 4) is 0 Å². The normalized spacial score (nSPS) is 15.0. The molecule has 1 fully saturated rings. The van der Waals surface area contributed by atoms with E-state index < -0.39 is 0 Å². The summed E-state index contributed by atoms with van der Waals surface area (Å²) in [6.45, 7) is 4.12. The number of fused-ring (bicyclic) bond motifs is 5. The lowest BCUT2D eigenvalue weighted by molar-refractivity contribution is 0.0628. The predicted molar refractivity (Wildman–Crippen MR) is 133 cm³/mol. The van der Waals surface area contributed by atoms with Gasteiger partial charge in [0.25, 0.3) is 5.91 Å². The van der Waals surface area contributed by atoms with Crippen molar-refractivity contribution in [1.29, 1.82) is 0 Å². The molecule has 0 aliphatic carbocycles. The smallest absolute Gasteiger partial charge is 0.254 e. The summed E-state index contributed by atoms with van der Waals surface area (Å²) in [5.41, 5.74) is 5.49. The number of carbonyl (C=O) groups is 1. The summed E-state index contributed by atoms with van der Waals surface area (Å²) >= 11 is 5.63. The minimum Gasteiger partial charge on any atom is -0.336 e. The van der Waals surface area contributed by atoms with E-state index in [9.17, 15) is 4.79 Å². The summed E-state index contributed by atoms with van der Waals surface area (Å²) in [5, 5.41) is 0.948. The first-order valence-corrected chi connectivity index (χ1v) is 11.6. The number of benzene rings is 3. The third kappa shape index (κ3) is 3.59. The molecule has 1 aliphatic rings. The number of piperazine rings is 1. The first-order valence-electron chi connectivity index (χ1n) is 11.2. The molecule has 7 heteroatoms. The first-order chi connectivity index (χ1) is 16.2. The van der Waals surface area contributed by atoms with Crippen LogP contribution in [0.1, 0.15) is 15.9 Å². The van der Waals surface area contributed by atoms with Gasteiger partial charge in [-0.3, -0.25) is 14.1 Å². The Bertz CT molecular complexity index is 1550. The summed E-state index contributed by atoms with van der Waals surface area (Å²) in [6.07, 6.45) is 0. The molecule has 1 aliphatic heterocycles. The lowest BCUT2D eigenvalue weighted by Crippen LogP contribution is -2.48. The van der Waals surface area contributed by atoms with Crippen LogP contribution >= 0.6 is 12.2 Å². The number of aromatic nitrogens is 3. The van der Waals surface area contributed by atoms with Gasteiger partial charge in [-0.25, -0.2) is 4.98 Å². The maximum atomic E-state index is 13.2. The molecular weight excluding hydrogens is 430 g/mol. The van der Waals surface area contributed by atoms with Gasteiger partial charge in [-0.1, -0.05) is 42.5 Å². The Hall–Kier alpha value is -3.55. The second-order valence-electron chi connectivity index (χ2n) is 8.50. The van der Waals surface area contributed by atoms with Gasteiger partial charge in [0.15, 0.2) is 4.77 Å². The molecule has 5 aromatic rings. The van der Waals surface area contributed by atoms with Gasteiger partial charge in [0.2, 0.25) is 0 Å². The summed E-state index contributed by atoms with van der Waals surface area (Å²) in [5.74, 6) is 0.0592. The number of nitrogens with one attached hydrogen (secondary N) is 1. The standard InChI is InChI=1S/C26H23N5OS/c32-25(30-14-12-29(13-15-30)17-18-6-2-1-3-7-18)19-10-11-20-22(16-19)28-26(33)31-23-9-5-4-8-21(23)27-24(20)31/h1-11,16H,12-15,17H2,(H,28,33). The number of amides is 1. The van der Waals surface area contributed by atoms with E-state index in [-0.39, 0.29) is 5.91 Å². The number of imidazole rings is 1.